The van der Waals surface area contributed by atoms with Gasteiger partial charge in [0.2, 0.25) is 0 Å². The Kier molecular flexibility index (Phi) is 8.71. The maximum Gasteiger partial charge on any atom is 0.414 e. The van der Waals surface area contributed by atoms with Crippen LogP contribution in [0.4, 0.5) is 0 Å². The molecule has 37 heavy (non-hydrogen) atoms. The summed E-state index contributed by atoms with van der Waals surface area (Å²) < 4.78 is 7.27. The van der Waals surface area contributed by atoms with E-state index in [0.717, 1.165) is 53.3 Å². The average Bonchev–Trinajstić information content (AvgIpc) is 3.46. The topological polar surface area (TPSA) is 123 Å². The Morgan fingerprint density at radius 2 is 1.86 bits per heavy atom. The first-order chi connectivity index (χ1) is 17.7. The summed E-state index contributed by atoms with van der Waals surface area (Å²) in [7, 11) is 0. The van der Waals surface area contributed by atoms with Crippen molar-refractivity contribution in [1.29, 1.82) is 0 Å². The number of ether oxygens (including phenoxy) is 1. The number of benzene rings is 2. The molecule has 1 saturated heterocycles. The zero-order valence-corrected chi connectivity index (χ0v) is 21.9. The third-order valence-electron chi connectivity index (χ3n) is 6.33. The van der Waals surface area contributed by atoms with Gasteiger partial charge in [-0.15, -0.1) is 11.3 Å². The van der Waals surface area contributed by atoms with Gasteiger partial charge in [0.25, 0.3) is 0 Å². The van der Waals surface area contributed by atoms with E-state index in [2.05, 4.69) is 34.1 Å². The van der Waals surface area contributed by atoms with E-state index in [-0.39, 0.29) is 0 Å². The first-order valence-electron chi connectivity index (χ1n) is 12.0. The lowest BCUT2D eigenvalue weighted by atomic mass is 9.95. The fraction of sp³-hybridized carbons (Fsp3) is 0.333. The molecule has 0 unspecified atom stereocenters. The van der Waals surface area contributed by atoms with E-state index in [1.807, 2.05) is 42.5 Å². The van der Waals surface area contributed by atoms with Crippen LogP contribution in [-0.2, 0) is 9.59 Å². The summed E-state index contributed by atoms with van der Waals surface area (Å²) in [4.78, 5) is 25.3. The zero-order valence-electron chi connectivity index (χ0n) is 20.3. The number of nitrogens with one attached hydrogen (secondary N) is 1. The van der Waals surface area contributed by atoms with Crippen LogP contribution in [0.5, 0.6) is 5.75 Å². The second kappa shape index (κ2) is 12.0. The number of aliphatic hydroxyl groups is 1. The summed E-state index contributed by atoms with van der Waals surface area (Å²) in [6.45, 7) is 5.00. The van der Waals surface area contributed by atoms with Crippen LogP contribution < -0.4 is 4.74 Å². The number of aliphatic hydroxyl groups excluding tert-OH is 1. The van der Waals surface area contributed by atoms with Crippen molar-refractivity contribution in [1.82, 2.24) is 9.88 Å². The molecular formula is C27H29ClN2O6S. The molecule has 0 radical (unpaired) electrons. The monoisotopic (exact) mass is 544 g/mol. The number of halogens is 1. The number of nitrogens with zero attached hydrogens (tertiary/aromatic N) is 1. The molecule has 1 aliphatic heterocycles. The molecule has 1 aliphatic rings. The van der Waals surface area contributed by atoms with Gasteiger partial charge in [-0.3, -0.25) is 0 Å². The number of piperidine rings is 1. The van der Waals surface area contributed by atoms with Crippen molar-refractivity contribution in [2.75, 3.05) is 26.2 Å². The Labute approximate surface area is 223 Å². The third-order valence-corrected chi connectivity index (χ3v) is 7.84. The number of aromatic nitrogens is 1. The van der Waals surface area contributed by atoms with Crippen molar-refractivity contribution in [3.05, 3.63) is 64.1 Å². The maximum absolute atomic E-state index is 10.6. The number of carboxylic acid groups (broad SMARTS) is 2. The summed E-state index contributed by atoms with van der Waals surface area (Å²) in [5, 5.41) is 28.5. The predicted octanol–water partition coefficient (Wildman–Crippen LogP) is 5.12. The molecule has 196 valence electrons. The molecule has 0 saturated carbocycles. The molecule has 0 amide bonds. The SMILES string of the molecule is Cc1cc2c(OC[C@@H](O)CN3CCC(c4cc5cc(Cl)ccc5s4)CC3)cccc2[nH]1.O=C(O)C(=O)O. The van der Waals surface area contributed by atoms with Crippen molar-refractivity contribution in [3.8, 4) is 5.75 Å². The second-order valence-electron chi connectivity index (χ2n) is 9.15. The number of carboxylic acids is 2. The lowest BCUT2D eigenvalue weighted by molar-refractivity contribution is -0.159. The number of hydrogen-bond donors (Lipinski definition) is 4. The van der Waals surface area contributed by atoms with Crippen LogP contribution in [0.25, 0.3) is 21.0 Å². The number of β-amino-alcohol motifs (C(OH)–C–C–N with tert-alkyl or cyclic N) is 1. The van der Waals surface area contributed by atoms with Gasteiger partial charge in [0.05, 0.1) is 0 Å². The minimum absolute atomic E-state index is 0.306. The van der Waals surface area contributed by atoms with Gasteiger partial charge in [-0.2, -0.15) is 0 Å². The number of fused-ring (bicyclic) bond motifs is 2. The first kappa shape index (κ1) is 26.9. The number of aliphatic carboxylic acids is 2. The molecular weight excluding hydrogens is 516 g/mol. The molecule has 1 fully saturated rings. The fourth-order valence-corrected chi connectivity index (χ4v) is 5.96. The number of likely N-dealkylation sites (tertiary alicyclic amines) is 1. The van der Waals surface area contributed by atoms with Crippen molar-refractivity contribution >= 4 is 55.9 Å². The molecule has 4 aromatic rings. The van der Waals surface area contributed by atoms with E-state index >= 15 is 0 Å². The molecule has 2 aromatic heterocycles. The standard InChI is InChI=1S/C25H27ClN2O2S.C2H2O4/c1-16-11-21-22(27-16)3-2-4-23(21)30-15-20(29)14-28-9-7-17(8-10-28)25-13-18-12-19(26)5-6-24(18)31-25;3-1(4)2(5)6/h2-6,11-13,17,20,27,29H,7-10,14-15H2,1H3;(H,3,4)(H,5,6)/t20-;/m0./s1. The van der Waals surface area contributed by atoms with Crippen molar-refractivity contribution in [3.63, 3.8) is 0 Å². The maximum atomic E-state index is 10.6. The number of aromatic amines is 1. The number of thiophene rings is 1. The van der Waals surface area contributed by atoms with Crippen molar-refractivity contribution in [2.45, 2.75) is 31.8 Å². The van der Waals surface area contributed by atoms with Crippen LogP contribution >= 0.6 is 22.9 Å². The highest BCUT2D eigenvalue weighted by molar-refractivity contribution is 7.19. The summed E-state index contributed by atoms with van der Waals surface area (Å²) in [6.07, 6.45) is 1.74. The van der Waals surface area contributed by atoms with Gasteiger partial charge >= 0.3 is 11.9 Å². The van der Waals surface area contributed by atoms with Gasteiger partial charge in [-0.25, -0.2) is 9.59 Å². The normalized spacial score (nSPS) is 15.3. The van der Waals surface area contributed by atoms with E-state index in [1.54, 1.807) is 0 Å². The Hall–Kier alpha value is -3.11. The Balaban J connectivity index is 0.000000480. The quantitative estimate of drug-likeness (QED) is 0.248. The van der Waals surface area contributed by atoms with Gasteiger partial charge < -0.3 is 29.9 Å². The highest BCUT2D eigenvalue weighted by atomic mass is 35.5. The fourth-order valence-electron chi connectivity index (χ4n) is 4.57. The highest BCUT2D eigenvalue weighted by Crippen LogP contribution is 2.37. The van der Waals surface area contributed by atoms with Crippen LogP contribution in [0, 0.1) is 6.92 Å². The van der Waals surface area contributed by atoms with E-state index in [0.29, 0.717) is 19.1 Å². The molecule has 3 heterocycles. The van der Waals surface area contributed by atoms with Gasteiger partial charge in [0.15, 0.2) is 0 Å². The summed E-state index contributed by atoms with van der Waals surface area (Å²) in [5.41, 5.74) is 2.17. The molecule has 8 nitrogen and oxygen atoms in total. The molecule has 0 spiro atoms. The van der Waals surface area contributed by atoms with E-state index in [9.17, 15) is 5.11 Å². The second-order valence-corrected chi connectivity index (χ2v) is 10.7. The molecule has 10 heteroatoms. The molecule has 5 rings (SSSR count). The minimum Gasteiger partial charge on any atom is -0.490 e. The lowest BCUT2D eigenvalue weighted by Crippen LogP contribution is -2.40. The number of aryl methyl sites for hydroxylation is 1. The van der Waals surface area contributed by atoms with Gasteiger partial charge in [0.1, 0.15) is 18.5 Å². The molecule has 0 aliphatic carbocycles. The average molecular weight is 545 g/mol. The molecule has 0 bridgehead atoms. The Morgan fingerprint density at radius 1 is 1.14 bits per heavy atom. The van der Waals surface area contributed by atoms with Crippen LogP contribution in [0.15, 0.2) is 48.5 Å². The summed E-state index contributed by atoms with van der Waals surface area (Å²) in [5.74, 6) is -2.23. The molecule has 2 aromatic carbocycles. The number of carbonyl (C=O) groups is 2. The van der Waals surface area contributed by atoms with Gasteiger partial charge in [0, 0.05) is 37.7 Å². The van der Waals surface area contributed by atoms with E-state index < -0.39 is 18.0 Å². The van der Waals surface area contributed by atoms with Crippen LogP contribution in [0.2, 0.25) is 5.02 Å². The Bertz CT molecular complexity index is 1380. The largest absolute Gasteiger partial charge is 0.490 e. The van der Waals surface area contributed by atoms with Crippen LogP contribution in [0.3, 0.4) is 0 Å². The van der Waals surface area contributed by atoms with Crippen molar-refractivity contribution in [2.24, 2.45) is 0 Å². The third kappa shape index (κ3) is 7.01. The number of hydrogen-bond acceptors (Lipinski definition) is 6. The van der Waals surface area contributed by atoms with E-state index in [1.165, 1.54) is 15.0 Å². The highest BCUT2D eigenvalue weighted by Gasteiger charge is 2.24. The zero-order chi connectivity index (χ0) is 26.5. The smallest absolute Gasteiger partial charge is 0.414 e. The van der Waals surface area contributed by atoms with E-state index in [4.69, 9.17) is 36.1 Å². The number of H-pyrrole nitrogens is 1. The first-order valence-corrected chi connectivity index (χ1v) is 13.2. The van der Waals surface area contributed by atoms with Crippen LogP contribution in [-0.4, -0.2) is 69.5 Å². The lowest BCUT2D eigenvalue weighted by Gasteiger charge is -2.32. The number of rotatable bonds is 6. The van der Waals surface area contributed by atoms with Crippen molar-refractivity contribution < 1.29 is 29.6 Å². The summed E-state index contributed by atoms with van der Waals surface area (Å²) in [6, 6.07) is 16.5. The molecule has 1 atom stereocenters. The minimum atomic E-state index is -1.82. The predicted molar refractivity (Wildman–Crippen MR) is 145 cm³/mol. The summed E-state index contributed by atoms with van der Waals surface area (Å²) >= 11 is 8.03. The van der Waals surface area contributed by atoms with Gasteiger partial charge in [-0.05, 0) is 86.6 Å². The van der Waals surface area contributed by atoms with Gasteiger partial charge in [-0.1, -0.05) is 17.7 Å². The van der Waals surface area contributed by atoms with Crippen LogP contribution in [0.1, 0.15) is 29.3 Å². The Morgan fingerprint density at radius 3 is 2.57 bits per heavy atom. The molecule has 4 N–H and O–H groups in total.